The minimum atomic E-state index is -3.26. The van der Waals surface area contributed by atoms with E-state index in [1.165, 1.54) is 0 Å². The summed E-state index contributed by atoms with van der Waals surface area (Å²) in [6.45, 7) is 7.43. The molecule has 0 saturated carbocycles. The van der Waals surface area contributed by atoms with E-state index in [2.05, 4.69) is 4.72 Å². The third-order valence-electron chi connectivity index (χ3n) is 2.07. The number of nitrogens with one attached hydrogen (secondary N) is 1. The standard InChI is InChI=1S/C12H19NO2S/c1-10-7-5-6-8-11(10)9-16(14,15)13-12(2,3)4/h5-8,13H,9H2,1-4H3. The fourth-order valence-corrected chi connectivity index (χ4v) is 3.22. The molecule has 0 fully saturated rings. The van der Waals surface area contributed by atoms with E-state index >= 15 is 0 Å². The van der Waals surface area contributed by atoms with Crippen molar-refractivity contribution in [1.82, 2.24) is 4.72 Å². The Balaban J connectivity index is 2.86. The molecule has 0 aromatic heterocycles. The highest BCUT2D eigenvalue weighted by Crippen LogP contribution is 2.12. The molecule has 4 heteroatoms. The lowest BCUT2D eigenvalue weighted by Gasteiger charge is -2.20. The van der Waals surface area contributed by atoms with Crippen molar-refractivity contribution in [3.8, 4) is 0 Å². The van der Waals surface area contributed by atoms with Crippen LogP contribution in [0.5, 0.6) is 0 Å². The number of sulfonamides is 1. The zero-order valence-corrected chi connectivity index (χ0v) is 11.1. The highest BCUT2D eigenvalue weighted by molar-refractivity contribution is 7.88. The second-order valence-corrected chi connectivity index (χ2v) is 6.76. The summed E-state index contributed by atoms with van der Waals surface area (Å²) >= 11 is 0. The van der Waals surface area contributed by atoms with Gasteiger partial charge in [-0.15, -0.1) is 0 Å². The van der Waals surface area contributed by atoms with Crippen molar-refractivity contribution in [2.24, 2.45) is 0 Å². The van der Waals surface area contributed by atoms with Crippen LogP contribution in [0.25, 0.3) is 0 Å². The molecule has 0 heterocycles. The van der Waals surface area contributed by atoms with Crippen molar-refractivity contribution in [2.45, 2.75) is 39.0 Å². The Bertz CT molecular complexity index is 458. The molecule has 0 amide bonds. The third-order valence-corrected chi connectivity index (χ3v) is 3.68. The SMILES string of the molecule is Cc1ccccc1CS(=O)(=O)NC(C)(C)C. The van der Waals surface area contributed by atoms with Crippen LogP contribution < -0.4 is 4.72 Å². The summed E-state index contributed by atoms with van der Waals surface area (Å²) in [5.41, 5.74) is 1.42. The van der Waals surface area contributed by atoms with Crippen LogP contribution in [-0.4, -0.2) is 14.0 Å². The summed E-state index contributed by atoms with van der Waals surface area (Å²) in [5, 5.41) is 0. The predicted octanol–water partition coefficient (Wildman–Crippen LogP) is 2.21. The molecule has 0 radical (unpaired) electrons. The van der Waals surface area contributed by atoms with Crippen molar-refractivity contribution in [3.63, 3.8) is 0 Å². The van der Waals surface area contributed by atoms with Gasteiger partial charge in [-0.2, -0.15) is 0 Å². The summed E-state index contributed by atoms with van der Waals surface area (Å²) < 4.78 is 26.4. The van der Waals surface area contributed by atoms with Gasteiger partial charge in [-0.05, 0) is 38.8 Å². The Hall–Kier alpha value is -0.870. The molecular formula is C12H19NO2S. The van der Waals surface area contributed by atoms with E-state index in [0.717, 1.165) is 11.1 Å². The fourth-order valence-electron chi connectivity index (χ4n) is 1.48. The Morgan fingerprint density at radius 1 is 1.19 bits per heavy atom. The molecular weight excluding hydrogens is 222 g/mol. The number of aryl methyl sites for hydroxylation is 1. The quantitative estimate of drug-likeness (QED) is 0.882. The van der Waals surface area contributed by atoms with E-state index in [1.54, 1.807) is 0 Å². The van der Waals surface area contributed by atoms with Gasteiger partial charge in [-0.1, -0.05) is 24.3 Å². The van der Waals surface area contributed by atoms with Crippen molar-refractivity contribution in [2.75, 3.05) is 0 Å². The van der Waals surface area contributed by atoms with E-state index in [1.807, 2.05) is 52.0 Å². The molecule has 0 atom stereocenters. The normalized spacial score (nSPS) is 12.8. The highest BCUT2D eigenvalue weighted by Gasteiger charge is 2.20. The number of hydrogen-bond donors (Lipinski definition) is 1. The first-order valence-corrected chi connectivity index (χ1v) is 6.91. The molecule has 0 unspecified atom stereocenters. The number of hydrogen-bond acceptors (Lipinski definition) is 2. The predicted molar refractivity (Wildman–Crippen MR) is 66.7 cm³/mol. The van der Waals surface area contributed by atoms with Crippen LogP contribution in [0, 0.1) is 6.92 Å². The maximum Gasteiger partial charge on any atom is 0.216 e. The van der Waals surface area contributed by atoms with E-state index in [4.69, 9.17) is 0 Å². The van der Waals surface area contributed by atoms with Crippen LogP contribution in [0.4, 0.5) is 0 Å². The molecule has 0 saturated heterocycles. The first kappa shape index (κ1) is 13.2. The van der Waals surface area contributed by atoms with Crippen LogP contribution >= 0.6 is 0 Å². The Labute approximate surface area is 97.9 Å². The second-order valence-electron chi connectivity index (χ2n) is 5.04. The highest BCUT2D eigenvalue weighted by atomic mass is 32.2. The van der Waals surface area contributed by atoms with Gasteiger partial charge in [0.2, 0.25) is 10.0 Å². The van der Waals surface area contributed by atoms with Gasteiger partial charge in [-0.3, -0.25) is 0 Å². The van der Waals surface area contributed by atoms with Gasteiger partial charge in [-0.25, -0.2) is 13.1 Å². The van der Waals surface area contributed by atoms with Gasteiger partial charge in [0.25, 0.3) is 0 Å². The summed E-state index contributed by atoms with van der Waals surface area (Å²) in [6, 6.07) is 7.52. The van der Waals surface area contributed by atoms with E-state index in [0.29, 0.717) is 0 Å². The summed E-state index contributed by atoms with van der Waals surface area (Å²) in [5.74, 6) is 0.0386. The molecule has 90 valence electrons. The van der Waals surface area contributed by atoms with Crippen LogP contribution in [0.3, 0.4) is 0 Å². The van der Waals surface area contributed by atoms with E-state index in [-0.39, 0.29) is 5.75 Å². The summed E-state index contributed by atoms with van der Waals surface area (Å²) in [6.07, 6.45) is 0. The van der Waals surface area contributed by atoms with Crippen molar-refractivity contribution in [1.29, 1.82) is 0 Å². The lowest BCUT2D eigenvalue weighted by Crippen LogP contribution is -2.41. The molecule has 1 N–H and O–H groups in total. The number of rotatable bonds is 3. The van der Waals surface area contributed by atoms with Gasteiger partial charge in [0.05, 0.1) is 5.75 Å². The lowest BCUT2D eigenvalue weighted by molar-refractivity contribution is 0.491. The third kappa shape index (κ3) is 4.33. The van der Waals surface area contributed by atoms with Gasteiger partial charge < -0.3 is 0 Å². The van der Waals surface area contributed by atoms with Crippen LogP contribution in [0.1, 0.15) is 31.9 Å². The summed E-state index contributed by atoms with van der Waals surface area (Å²) in [7, 11) is -3.26. The minimum Gasteiger partial charge on any atom is -0.212 e. The largest absolute Gasteiger partial charge is 0.216 e. The van der Waals surface area contributed by atoms with Crippen LogP contribution in [0.15, 0.2) is 24.3 Å². The fraction of sp³-hybridized carbons (Fsp3) is 0.500. The molecule has 16 heavy (non-hydrogen) atoms. The maximum atomic E-state index is 11.9. The van der Waals surface area contributed by atoms with Crippen molar-refractivity contribution >= 4 is 10.0 Å². The van der Waals surface area contributed by atoms with Gasteiger partial charge in [0.1, 0.15) is 0 Å². The molecule has 3 nitrogen and oxygen atoms in total. The smallest absolute Gasteiger partial charge is 0.212 e. The molecule has 0 spiro atoms. The molecule has 0 aliphatic carbocycles. The average Bonchev–Trinajstić information content (AvgIpc) is 2.04. The second kappa shape index (κ2) is 4.55. The lowest BCUT2D eigenvalue weighted by atomic mass is 10.1. The van der Waals surface area contributed by atoms with Crippen LogP contribution in [0.2, 0.25) is 0 Å². The number of benzene rings is 1. The van der Waals surface area contributed by atoms with E-state index < -0.39 is 15.6 Å². The van der Waals surface area contributed by atoms with E-state index in [9.17, 15) is 8.42 Å². The Morgan fingerprint density at radius 3 is 2.25 bits per heavy atom. The molecule has 1 aromatic carbocycles. The molecule has 0 bridgehead atoms. The van der Waals surface area contributed by atoms with Gasteiger partial charge >= 0.3 is 0 Å². The molecule has 0 aliphatic rings. The average molecular weight is 241 g/mol. The summed E-state index contributed by atoms with van der Waals surface area (Å²) in [4.78, 5) is 0. The Morgan fingerprint density at radius 2 is 1.75 bits per heavy atom. The van der Waals surface area contributed by atoms with Crippen molar-refractivity contribution < 1.29 is 8.42 Å². The molecule has 1 aromatic rings. The van der Waals surface area contributed by atoms with Crippen LogP contribution in [-0.2, 0) is 15.8 Å². The first-order chi connectivity index (χ1) is 7.20. The molecule has 0 aliphatic heterocycles. The topological polar surface area (TPSA) is 46.2 Å². The Kier molecular flexibility index (Phi) is 3.76. The van der Waals surface area contributed by atoms with Gasteiger partial charge in [0.15, 0.2) is 0 Å². The molecule has 1 rings (SSSR count). The minimum absolute atomic E-state index is 0.0386. The van der Waals surface area contributed by atoms with Crippen molar-refractivity contribution in [3.05, 3.63) is 35.4 Å². The zero-order valence-electron chi connectivity index (χ0n) is 10.2. The monoisotopic (exact) mass is 241 g/mol. The first-order valence-electron chi connectivity index (χ1n) is 5.26. The zero-order chi connectivity index (χ0) is 12.4. The van der Waals surface area contributed by atoms with Gasteiger partial charge in [0, 0.05) is 5.54 Å². The maximum absolute atomic E-state index is 11.9.